The molecule has 1 atom stereocenters. The molecule has 0 saturated carbocycles. The van der Waals surface area contributed by atoms with Crippen molar-refractivity contribution in [2.24, 2.45) is 0 Å². The number of H-pyrrole nitrogens is 1. The van der Waals surface area contributed by atoms with Crippen LogP contribution in [0.25, 0.3) is 0 Å². The van der Waals surface area contributed by atoms with Crippen molar-refractivity contribution in [1.82, 2.24) is 14.8 Å². The van der Waals surface area contributed by atoms with Gasteiger partial charge in [-0.25, -0.2) is 14.7 Å². The Morgan fingerprint density at radius 2 is 2.16 bits per heavy atom. The number of carbonyl (C=O) groups is 1. The highest BCUT2D eigenvalue weighted by Gasteiger charge is 2.26. The van der Waals surface area contributed by atoms with Crippen LogP contribution in [0.4, 0.5) is 0 Å². The van der Waals surface area contributed by atoms with Crippen LogP contribution in [0.1, 0.15) is 17.4 Å². The van der Waals surface area contributed by atoms with Gasteiger partial charge < -0.3 is 9.84 Å². The molecule has 2 rings (SSSR count). The van der Waals surface area contributed by atoms with Gasteiger partial charge in [-0.2, -0.15) is 5.10 Å². The monoisotopic (exact) mass is 263 g/mol. The highest BCUT2D eigenvalue weighted by molar-refractivity contribution is 5.76. The molecule has 0 aliphatic rings. The molecular weight excluding hydrogens is 250 g/mol. The van der Waals surface area contributed by atoms with Gasteiger partial charge in [0, 0.05) is 7.11 Å². The maximum absolute atomic E-state index is 11.8. The van der Waals surface area contributed by atoms with Gasteiger partial charge >= 0.3 is 11.7 Å². The third-order valence-electron chi connectivity index (χ3n) is 2.66. The first-order valence-corrected chi connectivity index (χ1v) is 5.57. The van der Waals surface area contributed by atoms with E-state index in [1.165, 1.54) is 7.11 Å². The number of methoxy groups -OCH3 is 1. The van der Waals surface area contributed by atoms with Crippen LogP contribution < -0.4 is 5.69 Å². The van der Waals surface area contributed by atoms with Gasteiger partial charge in [-0.1, -0.05) is 30.3 Å². The number of carboxylic acid groups (broad SMARTS) is 1. The molecule has 2 N–H and O–H groups in total. The van der Waals surface area contributed by atoms with Gasteiger partial charge in [0.1, 0.15) is 6.61 Å². The molecule has 2 aromatic rings. The molecule has 1 unspecified atom stereocenters. The predicted octanol–water partition coefficient (Wildman–Crippen LogP) is 0.392. The molecule has 1 aromatic heterocycles. The molecule has 0 bridgehead atoms. The van der Waals surface area contributed by atoms with E-state index in [4.69, 9.17) is 4.74 Å². The summed E-state index contributed by atoms with van der Waals surface area (Å²) in [7, 11) is 1.45. The number of nitrogens with zero attached hydrogens (tertiary/aromatic N) is 2. The Hall–Kier alpha value is -2.41. The zero-order valence-corrected chi connectivity index (χ0v) is 10.2. The molecule has 0 spiro atoms. The Balaban J connectivity index is 2.55. The van der Waals surface area contributed by atoms with E-state index in [0.29, 0.717) is 5.56 Å². The first-order valence-electron chi connectivity index (χ1n) is 5.57. The fraction of sp³-hybridized carbons (Fsp3) is 0.250. The lowest BCUT2D eigenvalue weighted by Gasteiger charge is -2.15. The maximum Gasteiger partial charge on any atom is 0.344 e. The summed E-state index contributed by atoms with van der Waals surface area (Å²) >= 11 is 0. The van der Waals surface area contributed by atoms with Crippen molar-refractivity contribution in [3.8, 4) is 0 Å². The molecule has 7 heteroatoms. The molecule has 0 saturated heterocycles. The standard InChI is InChI=1S/C12H13N3O4/c1-19-7-9-13-14-12(18)15(9)10(11(16)17)8-5-3-2-4-6-8/h2-6,10H,7H2,1H3,(H,14,18)(H,16,17). The van der Waals surface area contributed by atoms with Gasteiger partial charge in [0.2, 0.25) is 0 Å². The molecule has 7 nitrogen and oxygen atoms in total. The second-order valence-corrected chi connectivity index (χ2v) is 3.90. The van der Waals surface area contributed by atoms with E-state index >= 15 is 0 Å². The Morgan fingerprint density at radius 1 is 1.47 bits per heavy atom. The first-order chi connectivity index (χ1) is 9.15. The molecule has 1 heterocycles. The van der Waals surface area contributed by atoms with E-state index in [0.717, 1.165) is 4.57 Å². The molecular formula is C12H13N3O4. The number of nitrogens with one attached hydrogen (secondary N) is 1. The van der Waals surface area contributed by atoms with Crippen molar-refractivity contribution >= 4 is 5.97 Å². The third kappa shape index (κ3) is 2.55. The van der Waals surface area contributed by atoms with E-state index in [9.17, 15) is 14.7 Å². The number of aromatic amines is 1. The van der Waals surface area contributed by atoms with Crippen molar-refractivity contribution < 1.29 is 14.6 Å². The van der Waals surface area contributed by atoms with Gasteiger partial charge in [-0.05, 0) is 5.56 Å². The van der Waals surface area contributed by atoms with Gasteiger partial charge in [0.25, 0.3) is 0 Å². The molecule has 1 aromatic carbocycles. The van der Waals surface area contributed by atoms with Crippen LogP contribution >= 0.6 is 0 Å². The van der Waals surface area contributed by atoms with Crippen LogP contribution in [0, 0.1) is 0 Å². The summed E-state index contributed by atoms with van der Waals surface area (Å²) in [6.45, 7) is 0.0509. The fourth-order valence-electron chi connectivity index (χ4n) is 1.87. The summed E-state index contributed by atoms with van der Waals surface area (Å²) in [5, 5.41) is 15.4. The number of carboxylic acids is 1. The molecule has 0 amide bonds. The van der Waals surface area contributed by atoms with Crippen LogP contribution in [0.2, 0.25) is 0 Å². The number of hydrogen-bond acceptors (Lipinski definition) is 4. The lowest BCUT2D eigenvalue weighted by molar-refractivity contribution is -0.139. The molecule has 0 aliphatic heterocycles. The number of benzene rings is 1. The quantitative estimate of drug-likeness (QED) is 0.813. The molecule has 100 valence electrons. The minimum Gasteiger partial charge on any atom is -0.479 e. The first kappa shape index (κ1) is 13.0. The van der Waals surface area contributed by atoms with Crippen LogP contribution in [0.3, 0.4) is 0 Å². The van der Waals surface area contributed by atoms with Crippen LogP contribution in [0.5, 0.6) is 0 Å². The lowest BCUT2D eigenvalue weighted by Crippen LogP contribution is -2.30. The highest BCUT2D eigenvalue weighted by atomic mass is 16.5. The van der Waals surface area contributed by atoms with E-state index in [-0.39, 0.29) is 12.4 Å². The van der Waals surface area contributed by atoms with Crippen molar-refractivity contribution in [3.05, 3.63) is 52.2 Å². The topological polar surface area (TPSA) is 97.2 Å². The van der Waals surface area contributed by atoms with Gasteiger partial charge in [-0.15, -0.1) is 0 Å². The molecule has 0 radical (unpaired) electrons. The Labute approximate surface area is 108 Å². The number of rotatable bonds is 5. The summed E-state index contributed by atoms with van der Waals surface area (Å²) < 4.78 is 6.00. The fourth-order valence-corrected chi connectivity index (χ4v) is 1.87. The summed E-state index contributed by atoms with van der Waals surface area (Å²) in [5.41, 5.74) is -0.0841. The zero-order valence-electron chi connectivity index (χ0n) is 10.2. The van der Waals surface area contributed by atoms with Crippen LogP contribution in [0.15, 0.2) is 35.1 Å². The molecule has 0 aliphatic carbocycles. The van der Waals surface area contributed by atoms with Crippen molar-refractivity contribution in [2.75, 3.05) is 7.11 Å². The zero-order chi connectivity index (χ0) is 13.8. The van der Waals surface area contributed by atoms with Gasteiger partial charge in [-0.3, -0.25) is 4.57 Å². The number of ether oxygens (including phenoxy) is 1. The second kappa shape index (κ2) is 5.49. The van der Waals surface area contributed by atoms with Gasteiger partial charge in [0.15, 0.2) is 11.9 Å². The van der Waals surface area contributed by atoms with E-state index in [1.807, 2.05) is 0 Å². The number of aliphatic carboxylic acids is 1. The summed E-state index contributed by atoms with van der Waals surface area (Å²) in [6, 6.07) is 7.37. The van der Waals surface area contributed by atoms with E-state index in [2.05, 4.69) is 10.2 Å². The Morgan fingerprint density at radius 3 is 2.74 bits per heavy atom. The summed E-state index contributed by atoms with van der Waals surface area (Å²) in [4.78, 5) is 23.2. The van der Waals surface area contributed by atoms with Crippen molar-refractivity contribution in [2.45, 2.75) is 12.6 Å². The van der Waals surface area contributed by atoms with Crippen LogP contribution in [-0.4, -0.2) is 33.0 Å². The molecule has 19 heavy (non-hydrogen) atoms. The van der Waals surface area contributed by atoms with E-state index < -0.39 is 17.7 Å². The second-order valence-electron chi connectivity index (χ2n) is 3.90. The minimum absolute atomic E-state index is 0.0509. The highest BCUT2D eigenvalue weighted by Crippen LogP contribution is 2.18. The maximum atomic E-state index is 11.8. The average Bonchev–Trinajstić information content (AvgIpc) is 2.74. The molecule has 0 fully saturated rings. The third-order valence-corrected chi connectivity index (χ3v) is 2.66. The minimum atomic E-state index is -1.13. The SMILES string of the molecule is COCc1n[nH]c(=O)n1C(C(=O)O)c1ccccc1. The Kier molecular flexibility index (Phi) is 3.76. The number of hydrogen-bond donors (Lipinski definition) is 2. The number of aromatic nitrogens is 3. The largest absolute Gasteiger partial charge is 0.479 e. The summed E-state index contributed by atoms with van der Waals surface area (Å²) in [6.07, 6.45) is 0. The predicted molar refractivity (Wildman–Crippen MR) is 65.8 cm³/mol. The van der Waals surface area contributed by atoms with Crippen LogP contribution in [-0.2, 0) is 16.1 Å². The van der Waals surface area contributed by atoms with Gasteiger partial charge in [0.05, 0.1) is 0 Å². The lowest BCUT2D eigenvalue weighted by atomic mass is 10.1. The smallest absolute Gasteiger partial charge is 0.344 e. The Bertz CT molecular complexity index is 617. The average molecular weight is 263 g/mol. The van der Waals surface area contributed by atoms with Crippen molar-refractivity contribution in [3.63, 3.8) is 0 Å². The van der Waals surface area contributed by atoms with E-state index in [1.54, 1.807) is 30.3 Å². The summed E-state index contributed by atoms with van der Waals surface area (Å²) in [5.74, 6) is -0.893. The normalized spacial score (nSPS) is 12.3. The van der Waals surface area contributed by atoms with Crippen molar-refractivity contribution in [1.29, 1.82) is 0 Å².